The largest absolute Gasteiger partial charge is 0.478 e. The first kappa shape index (κ1) is 17.8. The number of benzene rings is 1. The Morgan fingerprint density at radius 2 is 1.97 bits per heavy atom. The number of aromatic nitrogens is 2. The van der Waals surface area contributed by atoms with Crippen molar-refractivity contribution in [2.24, 2.45) is 5.73 Å². The van der Waals surface area contributed by atoms with E-state index in [0.29, 0.717) is 23.2 Å². The number of hydrogen-bond acceptors (Lipinski definition) is 3. The van der Waals surface area contributed by atoms with E-state index in [1.54, 1.807) is 6.07 Å². The molecule has 3 aliphatic carbocycles. The van der Waals surface area contributed by atoms with E-state index >= 15 is 0 Å². The summed E-state index contributed by atoms with van der Waals surface area (Å²) in [6.07, 6.45) is 6.98. The van der Waals surface area contributed by atoms with Crippen LogP contribution in [0, 0.1) is 5.82 Å². The van der Waals surface area contributed by atoms with Crippen molar-refractivity contribution in [1.82, 2.24) is 9.97 Å². The molecule has 0 bridgehead atoms. The minimum atomic E-state index is -0.888. The molecule has 0 saturated heterocycles. The van der Waals surface area contributed by atoms with Crippen LogP contribution in [0.1, 0.15) is 52.9 Å². The van der Waals surface area contributed by atoms with Gasteiger partial charge in [0.05, 0.1) is 17.0 Å². The standard InChI is InChI=1S/C24H22FN3O2/c25-15-3-1-2-13(10-15)18-11-17-14(12-27-18)4-5-16-19(22(29)30)21(28-20(16)17)23(6-7-23)24(26)8-9-24/h1-3,10-12,28H,4-9,26H2,(H,29,30). The lowest BCUT2D eigenvalue weighted by Crippen LogP contribution is -2.38. The first-order valence-electron chi connectivity index (χ1n) is 10.4. The molecule has 152 valence electrons. The highest BCUT2D eigenvalue weighted by Crippen LogP contribution is 2.64. The van der Waals surface area contributed by atoms with Crippen molar-refractivity contribution in [2.75, 3.05) is 0 Å². The summed E-state index contributed by atoms with van der Waals surface area (Å²) < 4.78 is 13.7. The first-order valence-corrected chi connectivity index (χ1v) is 10.4. The molecule has 3 aliphatic rings. The van der Waals surface area contributed by atoms with E-state index in [2.05, 4.69) is 9.97 Å². The van der Waals surface area contributed by atoms with E-state index in [0.717, 1.165) is 60.2 Å². The molecule has 6 rings (SSSR count). The fourth-order valence-electron chi connectivity index (χ4n) is 5.33. The summed E-state index contributed by atoms with van der Waals surface area (Å²) in [5, 5.41) is 10.1. The zero-order valence-electron chi connectivity index (χ0n) is 16.5. The number of aromatic carboxylic acids is 1. The third kappa shape index (κ3) is 2.37. The van der Waals surface area contributed by atoms with Crippen LogP contribution in [0.3, 0.4) is 0 Å². The summed E-state index contributed by atoms with van der Waals surface area (Å²) in [5.74, 6) is -1.20. The lowest BCUT2D eigenvalue weighted by Gasteiger charge is -2.22. The molecule has 0 radical (unpaired) electrons. The van der Waals surface area contributed by atoms with Crippen molar-refractivity contribution in [3.05, 3.63) is 64.7 Å². The molecule has 2 fully saturated rings. The molecule has 0 aliphatic heterocycles. The fraction of sp³-hybridized carbons (Fsp3) is 0.333. The molecule has 2 aromatic heterocycles. The highest BCUT2D eigenvalue weighted by Gasteiger charge is 2.66. The Balaban J connectivity index is 1.53. The number of aryl methyl sites for hydroxylation is 1. The third-order valence-corrected chi connectivity index (χ3v) is 7.31. The second-order valence-corrected chi connectivity index (χ2v) is 9.01. The molecular weight excluding hydrogens is 381 g/mol. The maximum atomic E-state index is 13.7. The number of pyridine rings is 1. The van der Waals surface area contributed by atoms with Crippen LogP contribution in [0.2, 0.25) is 0 Å². The van der Waals surface area contributed by atoms with Crippen LogP contribution in [-0.4, -0.2) is 26.6 Å². The van der Waals surface area contributed by atoms with Crippen molar-refractivity contribution < 1.29 is 14.3 Å². The minimum absolute atomic E-state index is 0.239. The molecule has 0 unspecified atom stereocenters. The number of aromatic amines is 1. The van der Waals surface area contributed by atoms with E-state index in [1.165, 1.54) is 12.1 Å². The predicted octanol–water partition coefficient (Wildman–Crippen LogP) is 4.20. The number of carboxylic acids is 1. The molecule has 0 spiro atoms. The van der Waals surface area contributed by atoms with Crippen LogP contribution in [-0.2, 0) is 18.3 Å². The van der Waals surface area contributed by atoms with Gasteiger partial charge in [0.2, 0.25) is 0 Å². The summed E-state index contributed by atoms with van der Waals surface area (Å²) in [7, 11) is 0. The molecular formula is C24H22FN3O2. The Morgan fingerprint density at radius 1 is 1.17 bits per heavy atom. The van der Waals surface area contributed by atoms with Crippen molar-refractivity contribution in [1.29, 1.82) is 0 Å². The Labute approximate surface area is 173 Å². The van der Waals surface area contributed by atoms with E-state index in [4.69, 9.17) is 5.73 Å². The van der Waals surface area contributed by atoms with Gasteiger partial charge in [-0.05, 0) is 67.9 Å². The molecule has 0 amide bonds. The van der Waals surface area contributed by atoms with E-state index in [-0.39, 0.29) is 16.8 Å². The van der Waals surface area contributed by atoms with Gasteiger partial charge in [-0.1, -0.05) is 12.1 Å². The van der Waals surface area contributed by atoms with Crippen molar-refractivity contribution in [3.8, 4) is 22.5 Å². The summed E-state index contributed by atoms with van der Waals surface area (Å²) in [6.45, 7) is 0. The summed E-state index contributed by atoms with van der Waals surface area (Å²) >= 11 is 0. The average molecular weight is 403 g/mol. The van der Waals surface area contributed by atoms with Crippen LogP contribution in [0.15, 0.2) is 36.5 Å². The van der Waals surface area contributed by atoms with Crippen molar-refractivity contribution >= 4 is 5.97 Å². The van der Waals surface area contributed by atoms with Gasteiger partial charge in [-0.3, -0.25) is 4.98 Å². The lowest BCUT2D eigenvalue weighted by molar-refractivity contribution is 0.0693. The van der Waals surface area contributed by atoms with Gasteiger partial charge < -0.3 is 15.8 Å². The predicted molar refractivity (Wildman–Crippen MR) is 111 cm³/mol. The third-order valence-electron chi connectivity index (χ3n) is 7.31. The maximum absolute atomic E-state index is 13.7. The highest BCUT2D eigenvalue weighted by molar-refractivity contribution is 5.95. The number of rotatable bonds is 4. The number of nitrogens with one attached hydrogen (secondary N) is 1. The Hall–Kier alpha value is -2.99. The molecule has 6 heteroatoms. The number of fused-ring (bicyclic) bond motifs is 3. The van der Waals surface area contributed by atoms with E-state index < -0.39 is 5.97 Å². The van der Waals surface area contributed by atoms with Crippen LogP contribution >= 0.6 is 0 Å². The SMILES string of the molecule is NC1(C2(c3[nH]c4c(c3C(=O)O)CCc3cnc(-c5cccc(F)c5)cc3-4)CC2)CC1. The molecule has 1 aromatic carbocycles. The van der Waals surface area contributed by atoms with Gasteiger partial charge in [0.25, 0.3) is 0 Å². The van der Waals surface area contributed by atoms with Gasteiger partial charge in [0, 0.05) is 34.0 Å². The first-order chi connectivity index (χ1) is 14.4. The van der Waals surface area contributed by atoms with Gasteiger partial charge in [0.1, 0.15) is 5.82 Å². The zero-order valence-corrected chi connectivity index (χ0v) is 16.5. The number of nitrogens with two attached hydrogens (primary N) is 1. The van der Waals surface area contributed by atoms with E-state index in [9.17, 15) is 14.3 Å². The van der Waals surface area contributed by atoms with Gasteiger partial charge in [-0.25, -0.2) is 9.18 Å². The smallest absolute Gasteiger partial charge is 0.337 e. The van der Waals surface area contributed by atoms with Crippen LogP contribution < -0.4 is 5.73 Å². The topological polar surface area (TPSA) is 92.0 Å². The van der Waals surface area contributed by atoms with Crippen LogP contribution in [0.4, 0.5) is 4.39 Å². The number of carboxylic acid groups (broad SMARTS) is 1. The Bertz CT molecular complexity index is 1220. The highest BCUT2D eigenvalue weighted by atomic mass is 19.1. The summed E-state index contributed by atoms with van der Waals surface area (Å²) in [4.78, 5) is 20.4. The zero-order chi connectivity index (χ0) is 20.7. The minimum Gasteiger partial charge on any atom is -0.478 e. The van der Waals surface area contributed by atoms with Crippen LogP contribution in [0.5, 0.6) is 0 Å². The molecule has 30 heavy (non-hydrogen) atoms. The monoisotopic (exact) mass is 403 g/mol. The lowest BCUT2D eigenvalue weighted by atomic mass is 9.85. The Kier molecular flexibility index (Phi) is 3.44. The number of carbonyl (C=O) groups is 1. The number of hydrogen-bond donors (Lipinski definition) is 3. The second kappa shape index (κ2) is 5.79. The number of halogens is 1. The number of H-pyrrole nitrogens is 1. The van der Waals surface area contributed by atoms with E-state index in [1.807, 2.05) is 18.3 Å². The quantitative estimate of drug-likeness (QED) is 0.609. The molecule has 3 aromatic rings. The number of nitrogens with zero attached hydrogens (tertiary/aromatic N) is 1. The molecule has 2 saturated carbocycles. The Morgan fingerprint density at radius 3 is 2.63 bits per heavy atom. The van der Waals surface area contributed by atoms with Gasteiger partial charge in [-0.15, -0.1) is 0 Å². The summed E-state index contributed by atoms with van der Waals surface area (Å²) in [5.41, 5.74) is 12.4. The fourth-order valence-corrected chi connectivity index (χ4v) is 5.33. The average Bonchev–Trinajstić information content (AvgIpc) is 3.65. The van der Waals surface area contributed by atoms with Crippen molar-refractivity contribution in [3.63, 3.8) is 0 Å². The molecule has 2 heterocycles. The maximum Gasteiger partial charge on any atom is 0.337 e. The van der Waals surface area contributed by atoms with Crippen LogP contribution in [0.25, 0.3) is 22.5 Å². The molecule has 4 N–H and O–H groups in total. The van der Waals surface area contributed by atoms with Gasteiger partial charge >= 0.3 is 5.97 Å². The normalized spacial score (nSPS) is 19.7. The van der Waals surface area contributed by atoms with Gasteiger partial charge in [-0.2, -0.15) is 0 Å². The molecule has 5 nitrogen and oxygen atoms in total. The second-order valence-electron chi connectivity index (χ2n) is 9.01. The summed E-state index contributed by atoms with van der Waals surface area (Å²) in [6, 6.07) is 8.31. The van der Waals surface area contributed by atoms with Gasteiger partial charge in [0.15, 0.2) is 0 Å². The van der Waals surface area contributed by atoms with Crippen molar-refractivity contribution in [2.45, 2.75) is 49.5 Å². The molecule has 0 atom stereocenters.